The third kappa shape index (κ3) is 5.77. The average Bonchev–Trinajstić information content (AvgIpc) is 3.29. The number of carbonyl (C=O) groups excluding carboxylic acids is 2. The van der Waals surface area contributed by atoms with Gasteiger partial charge in [-0.05, 0) is 30.0 Å². The highest BCUT2D eigenvalue weighted by Crippen LogP contribution is 2.36. The SMILES string of the molecule is CN(C)C(=O)[C@H]1C[C@@H](c2ccccc2)CN(S(=O)(=O)c2ccc(C(N)OC(=O)C(F)(F)F)s2)C1. The first-order valence-electron chi connectivity index (χ1n) is 10.2. The molecule has 1 saturated heterocycles. The number of rotatable bonds is 6. The van der Waals surface area contributed by atoms with Crippen molar-refractivity contribution in [1.82, 2.24) is 9.21 Å². The van der Waals surface area contributed by atoms with E-state index in [0.29, 0.717) is 17.8 Å². The maximum Gasteiger partial charge on any atom is 0.490 e. The quantitative estimate of drug-likeness (QED) is 0.464. The van der Waals surface area contributed by atoms with Crippen molar-refractivity contribution in [3.63, 3.8) is 0 Å². The number of hydrogen-bond donors (Lipinski definition) is 1. The number of halogens is 3. The van der Waals surface area contributed by atoms with Crippen LogP contribution in [0.1, 0.15) is 29.0 Å². The normalized spacial score (nSPS) is 20.5. The van der Waals surface area contributed by atoms with Crippen LogP contribution in [0.25, 0.3) is 0 Å². The minimum Gasteiger partial charge on any atom is -0.435 e. The number of amides is 1. The van der Waals surface area contributed by atoms with Crippen molar-refractivity contribution in [3.05, 3.63) is 52.9 Å². The third-order valence-corrected chi connectivity index (χ3v) is 8.87. The molecule has 2 aromatic rings. The molecular formula is C21H24F3N3O5S2. The number of hydrogen-bond acceptors (Lipinski definition) is 7. The molecule has 1 aliphatic heterocycles. The van der Waals surface area contributed by atoms with E-state index in [0.717, 1.165) is 5.56 Å². The number of nitrogens with zero attached hydrogens (tertiary/aromatic N) is 2. The van der Waals surface area contributed by atoms with Crippen LogP contribution in [0.2, 0.25) is 0 Å². The largest absolute Gasteiger partial charge is 0.490 e. The van der Waals surface area contributed by atoms with Gasteiger partial charge in [0.15, 0.2) is 6.23 Å². The van der Waals surface area contributed by atoms with Gasteiger partial charge in [0.1, 0.15) is 4.21 Å². The zero-order valence-electron chi connectivity index (χ0n) is 18.4. The first-order valence-corrected chi connectivity index (χ1v) is 12.5. The van der Waals surface area contributed by atoms with E-state index >= 15 is 0 Å². The van der Waals surface area contributed by atoms with E-state index in [1.165, 1.54) is 21.3 Å². The number of esters is 1. The summed E-state index contributed by atoms with van der Waals surface area (Å²) in [7, 11) is -0.902. The van der Waals surface area contributed by atoms with Gasteiger partial charge in [-0.3, -0.25) is 10.5 Å². The van der Waals surface area contributed by atoms with Gasteiger partial charge in [-0.25, -0.2) is 13.2 Å². The second kappa shape index (κ2) is 10.0. The Hall–Kier alpha value is -2.48. The summed E-state index contributed by atoms with van der Waals surface area (Å²) in [5.74, 6) is -3.47. The van der Waals surface area contributed by atoms with Crippen LogP contribution in [-0.4, -0.2) is 62.9 Å². The molecule has 1 aromatic heterocycles. The lowest BCUT2D eigenvalue weighted by Crippen LogP contribution is -2.47. The highest BCUT2D eigenvalue weighted by molar-refractivity contribution is 7.91. The van der Waals surface area contributed by atoms with Gasteiger partial charge in [0.25, 0.3) is 10.0 Å². The fourth-order valence-electron chi connectivity index (χ4n) is 3.76. The fraction of sp³-hybridized carbons (Fsp3) is 0.429. The van der Waals surface area contributed by atoms with Gasteiger partial charge in [0, 0.05) is 27.2 Å². The zero-order chi connectivity index (χ0) is 25.3. The van der Waals surface area contributed by atoms with E-state index in [1.807, 2.05) is 30.3 Å². The van der Waals surface area contributed by atoms with Crippen molar-refractivity contribution >= 4 is 33.2 Å². The van der Waals surface area contributed by atoms with Gasteiger partial charge >= 0.3 is 12.1 Å². The van der Waals surface area contributed by atoms with Gasteiger partial charge < -0.3 is 9.64 Å². The van der Waals surface area contributed by atoms with Crippen molar-refractivity contribution in [2.24, 2.45) is 11.7 Å². The maximum absolute atomic E-state index is 13.4. The minimum absolute atomic E-state index is 0.0367. The lowest BCUT2D eigenvalue weighted by Gasteiger charge is -2.37. The van der Waals surface area contributed by atoms with Crippen LogP contribution in [0.4, 0.5) is 13.2 Å². The summed E-state index contributed by atoms with van der Waals surface area (Å²) >= 11 is 0.613. The molecule has 3 rings (SSSR count). The van der Waals surface area contributed by atoms with E-state index in [-0.39, 0.29) is 34.0 Å². The molecule has 34 heavy (non-hydrogen) atoms. The van der Waals surface area contributed by atoms with E-state index in [4.69, 9.17) is 5.73 Å². The summed E-state index contributed by atoms with van der Waals surface area (Å²) in [5, 5.41) is 0. The van der Waals surface area contributed by atoms with Gasteiger partial charge in [-0.15, -0.1) is 11.3 Å². The number of nitrogens with two attached hydrogens (primary N) is 1. The molecule has 1 aromatic carbocycles. The van der Waals surface area contributed by atoms with Crippen LogP contribution in [0, 0.1) is 5.92 Å². The number of ether oxygens (including phenoxy) is 1. The number of alkyl halides is 3. The molecule has 1 aliphatic rings. The smallest absolute Gasteiger partial charge is 0.435 e. The Kier molecular flexibility index (Phi) is 7.70. The molecular weight excluding hydrogens is 495 g/mol. The Balaban J connectivity index is 1.86. The number of carbonyl (C=O) groups is 2. The average molecular weight is 520 g/mol. The molecule has 1 unspecified atom stereocenters. The molecule has 186 valence electrons. The molecule has 1 amide bonds. The Bertz CT molecular complexity index is 1140. The lowest BCUT2D eigenvalue weighted by atomic mass is 9.85. The maximum atomic E-state index is 13.4. The second-order valence-electron chi connectivity index (χ2n) is 8.08. The molecule has 3 atom stereocenters. The molecule has 2 N–H and O–H groups in total. The predicted octanol–water partition coefficient (Wildman–Crippen LogP) is 2.69. The number of benzene rings is 1. The summed E-state index contributed by atoms with van der Waals surface area (Å²) in [5.41, 5.74) is 6.42. The first-order chi connectivity index (χ1) is 15.8. The number of piperidine rings is 1. The van der Waals surface area contributed by atoms with Gasteiger partial charge in [0.05, 0.1) is 10.8 Å². The molecule has 8 nitrogen and oxygen atoms in total. The van der Waals surface area contributed by atoms with Crippen molar-refractivity contribution in [2.75, 3.05) is 27.2 Å². The summed E-state index contributed by atoms with van der Waals surface area (Å²) in [6, 6.07) is 11.6. The number of thiophene rings is 1. The summed E-state index contributed by atoms with van der Waals surface area (Å²) in [6.07, 6.45) is -6.52. The van der Waals surface area contributed by atoms with Crippen molar-refractivity contribution in [1.29, 1.82) is 0 Å². The molecule has 1 fully saturated rings. The zero-order valence-corrected chi connectivity index (χ0v) is 20.0. The van der Waals surface area contributed by atoms with E-state index in [2.05, 4.69) is 4.74 Å². The van der Waals surface area contributed by atoms with Gasteiger partial charge in [0.2, 0.25) is 5.91 Å². The van der Waals surface area contributed by atoms with Crippen molar-refractivity contribution in [3.8, 4) is 0 Å². The van der Waals surface area contributed by atoms with Gasteiger partial charge in [-0.1, -0.05) is 30.3 Å². The molecule has 0 spiro atoms. The fourth-order valence-corrected chi connectivity index (χ4v) is 6.70. The standard InChI is InChI=1S/C21H24F3N3O5S2/c1-26(2)19(28)15-10-14(13-6-4-3-5-7-13)11-27(12-15)34(30,31)17-9-8-16(33-17)18(25)32-20(29)21(22,23)24/h3-9,14-15,18H,10-12,25H2,1-2H3/t14-,15+,18?/m1/s1. The number of sulfonamides is 1. The molecule has 0 radical (unpaired) electrons. The van der Waals surface area contributed by atoms with E-state index in [1.54, 1.807) is 14.1 Å². The van der Waals surface area contributed by atoms with Crippen molar-refractivity contribution < 1.29 is 35.9 Å². The summed E-state index contributed by atoms with van der Waals surface area (Å²) < 4.78 is 69.3. The van der Waals surface area contributed by atoms with E-state index in [9.17, 15) is 31.2 Å². The van der Waals surface area contributed by atoms with Crippen LogP contribution >= 0.6 is 11.3 Å². The summed E-state index contributed by atoms with van der Waals surface area (Å²) in [6.45, 7) is 0.0942. The topological polar surface area (TPSA) is 110 Å². The molecule has 2 heterocycles. The lowest BCUT2D eigenvalue weighted by molar-refractivity contribution is -0.204. The Morgan fingerprint density at radius 3 is 2.38 bits per heavy atom. The van der Waals surface area contributed by atoms with Crippen LogP contribution in [0.15, 0.2) is 46.7 Å². The highest BCUT2D eigenvalue weighted by atomic mass is 32.2. The van der Waals surface area contributed by atoms with Crippen LogP contribution < -0.4 is 5.73 Å². The van der Waals surface area contributed by atoms with Crippen LogP contribution in [0.3, 0.4) is 0 Å². The molecule has 0 aliphatic carbocycles. The van der Waals surface area contributed by atoms with E-state index < -0.39 is 34.3 Å². The minimum atomic E-state index is -5.22. The summed E-state index contributed by atoms with van der Waals surface area (Å²) in [4.78, 5) is 25.1. The second-order valence-corrected chi connectivity index (χ2v) is 11.4. The molecule has 0 bridgehead atoms. The Morgan fingerprint density at radius 1 is 1.15 bits per heavy atom. The molecule has 13 heteroatoms. The highest BCUT2D eigenvalue weighted by Gasteiger charge is 2.43. The Morgan fingerprint density at radius 2 is 1.79 bits per heavy atom. The third-order valence-electron chi connectivity index (χ3n) is 5.42. The predicted molar refractivity (Wildman–Crippen MR) is 118 cm³/mol. The van der Waals surface area contributed by atoms with Crippen LogP contribution in [0.5, 0.6) is 0 Å². The van der Waals surface area contributed by atoms with Gasteiger partial charge in [-0.2, -0.15) is 17.5 Å². The first kappa shape index (κ1) is 26.1. The monoisotopic (exact) mass is 519 g/mol. The molecule has 0 saturated carbocycles. The van der Waals surface area contributed by atoms with Crippen LogP contribution in [-0.2, 0) is 24.3 Å². The Labute approximate surface area is 199 Å². The van der Waals surface area contributed by atoms with Crippen molar-refractivity contribution in [2.45, 2.75) is 29.0 Å².